The highest BCUT2D eigenvalue weighted by atomic mass is 35.5. The molecular weight excluding hydrogens is 998 g/mol. The van der Waals surface area contributed by atoms with Crippen molar-refractivity contribution >= 4 is 79.5 Å². The number of alkyl halides is 2. The van der Waals surface area contributed by atoms with Crippen molar-refractivity contribution in [3.05, 3.63) is 211 Å². The summed E-state index contributed by atoms with van der Waals surface area (Å²) in [5.74, 6) is 1.85. The van der Waals surface area contributed by atoms with Crippen molar-refractivity contribution in [2.75, 3.05) is 15.1 Å². The summed E-state index contributed by atoms with van der Waals surface area (Å²) in [6.07, 6.45) is 11.8. The summed E-state index contributed by atoms with van der Waals surface area (Å²) in [7, 11) is 0. The minimum Gasteiger partial charge on any atom is -0.441 e. The number of hydrogen-bond acceptors (Lipinski definition) is 6. The first-order valence-corrected chi connectivity index (χ1v) is 29.3. The molecule has 0 N–H and O–H groups in total. The van der Waals surface area contributed by atoms with Gasteiger partial charge in [-0.1, -0.05) is 176 Å². The fourth-order valence-corrected chi connectivity index (χ4v) is 12.1. The molecule has 78 heavy (non-hydrogen) atoms. The van der Waals surface area contributed by atoms with Gasteiger partial charge in [0, 0.05) is 57.6 Å². The molecule has 0 aliphatic heterocycles. The van der Waals surface area contributed by atoms with E-state index in [2.05, 4.69) is 232 Å². The van der Waals surface area contributed by atoms with E-state index in [9.17, 15) is 0 Å². The van der Waals surface area contributed by atoms with Crippen molar-refractivity contribution in [1.29, 1.82) is 0 Å². The van der Waals surface area contributed by atoms with Crippen LogP contribution in [0.15, 0.2) is 199 Å². The van der Waals surface area contributed by atoms with Crippen LogP contribution >= 0.6 is 23.2 Å². The molecule has 0 bridgehead atoms. The minimum absolute atomic E-state index is 0.194. The van der Waals surface area contributed by atoms with E-state index in [1.54, 1.807) is 0 Å². The number of anilines is 6. The molecule has 6 nitrogen and oxygen atoms in total. The minimum atomic E-state index is -0.226. The second-order valence-corrected chi connectivity index (χ2v) is 21.7. The van der Waals surface area contributed by atoms with Crippen LogP contribution in [0.3, 0.4) is 0 Å². The lowest BCUT2D eigenvalue weighted by Gasteiger charge is -2.38. The van der Waals surface area contributed by atoms with Gasteiger partial charge in [0.05, 0.1) is 27.8 Å². The highest BCUT2D eigenvalue weighted by Crippen LogP contribution is 2.58. The molecule has 2 heterocycles. The molecule has 0 fully saturated rings. The van der Waals surface area contributed by atoms with Crippen LogP contribution < -0.4 is 9.80 Å². The first-order valence-electron chi connectivity index (χ1n) is 28.2. The summed E-state index contributed by atoms with van der Waals surface area (Å²) in [5.41, 5.74) is 18.9. The first-order chi connectivity index (χ1) is 38.3. The van der Waals surface area contributed by atoms with Crippen LogP contribution in [0.5, 0.6) is 0 Å². The number of oxazole rings is 1. The van der Waals surface area contributed by atoms with Gasteiger partial charge in [-0.25, -0.2) is 15.0 Å². The van der Waals surface area contributed by atoms with E-state index in [1.807, 2.05) is 6.92 Å². The molecule has 0 spiro atoms. The van der Waals surface area contributed by atoms with E-state index in [-0.39, 0.29) is 10.8 Å². The maximum Gasteiger partial charge on any atom is 0.192 e. The molecule has 8 heteroatoms. The third kappa shape index (κ3) is 11.3. The normalized spacial score (nSPS) is 14.3. The molecule has 0 saturated carbocycles. The average molecular weight is 1070 g/mol. The van der Waals surface area contributed by atoms with Gasteiger partial charge in [0.1, 0.15) is 5.52 Å². The van der Waals surface area contributed by atoms with Crippen molar-refractivity contribution in [2.45, 2.75) is 104 Å². The fourth-order valence-electron chi connectivity index (χ4n) is 12.1. The third-order valence-electron chi connectivity index (χ3n) is 16.0. The largest absolute Gasteiger partial charge is 0.441 e. The Balaban J connectivity index is 0.00000224. The van der Waals surface area contributed by atoms with E-state index in [0.717, 1.165) is 104 Å². The van der Waals surface area contributed by atoms with Crippen LogP contribution in [0.2, 0.25) is 0 Å². The van der Waals surface area contributed by atoms with Gasteiger partial charge in [0.2, 0.25) is 0 Å². The molecule has 3 atom stereocenters. The number of unbranched alkanes of at least 4 members (excludes halogenated alkanes) is 2. The second kappa shape index (κ2) is 25.0. The van der Waals surface area contributed by atoms with E-state index in [0.29, 0.717) is 17.7 Å². The Hall–Kier alpha value is -7.25. The maximum atomic E-state index is 6.39. The van der Waals surface area contributed by atoms with Gasteiger partial charge in [-0.15, -0.1) is 23.2 Å². The lowest BCUT2D eigenvalue weighted by atomic mass is 9.65. The standard InChI is InChI=1S/C69H69N5O.CH2Cl2/c1-6-10-24-49(8-3)46-69(47-50(9-4)25-11-7-2)61-44-64-63(42-59(61)60-43-65-66(45-62(60)69)75-48(5)70-65)71-67(51-34-38-57(39-35-51)73(53-26-16-12-17-27-53)54-28-18-13-19-29-54)68(72-64)52-36-40-58(41-37-52)74(55-30-20-14-21-31-55)56-32-22-15-23-33-56;2-1-3/h12-23,26-45,49-50H,6-11,24-25,46-47H2,1-5H3;1H2/t49-,50+,69?;. The lowest BCUT2D eigenvalue weighted by Crippen LogP contribution is -2.31. The second-order valence-electron chi connectivity index (χ2n) is 20.9. The smallest absolute Gasteiger partial charge is 0.192 e. The van der Waals surface area contributed by atoms with Crippen molar-refractivity contribution in [1.82, 2.24) is 15.0 Å². The van der Waals surface area contributed by atoms with Crippen LogP contribution in [0.25, 0.3) is 55.8 Å². The predicted molar refractivity (Wildman–Crippen MR) is 331 cm³/mol. The number of nitrogens with zero attached hydrogens (tertiary/aromatic N) is 5. The Morgan fingerprint density at radius 1 is 0.449 bits per heavy atom. The number of aryl methyl sites for hydroxylation is 1. The van der Waals surface area contributed by atoms with Crippen molar-refractivity contribution in [3.63, 3.8) is 0 Å². The summed E-state index contributed by atoms with van der Waals surface area (Å²) in [6.45, 7) is 11.4. The summed E-state index contributed by atoms with van der Waals surface area (Å²) in [4.78, 5) is 21.1. The predicted octanol–water partition coefficient (Wildman–Crippen LogP) is 21.3. The topological polar surface area (TPSA) is 58.3 Å². The molecule has 1 aliphatic carbocycles. The molecule has 0 amide bonds. The van der Waals surface area contributed by atoms with Gasteiger partial charge in [0.15, 0.2) is 11.5 Å². The van der Waals surface area contributed by atoms with Crippen LogP contribution in [-0.2, 0) is 5.41 Å². The lowest BCUT2D eigenvalue weighted by molar-refractivity contribution is 0.266. The zero-order valence-corrected chi connectivity index (χ0v) is 47.3. The van der Waals surface area contributed by atoms with Crippen molar-refractivity contribution < 1.29 is 4.42 Å². The van der Waals surface area contributed by atoms with Gasteiger partial charge >= 0.3 is 0 Å². The number of halogens is 2. The highest BCUT2D eigenvalue weighted by Gasteiger charge is 2.46. The summed E-state index contributed by atoms with van der Waals surface area (Å²) < 4.78 is 6.39. The molecule has 8 aromatic carbocycles. The molecule has 10 aromatic rings. The summed E-state index contributed by atoms with van der Waals surface area (Å²) in [5, 5.41) is 0.194. The number of hydrogen-bond donors (Lipinski definition) is 0. The molecule has 11 rings (SSSR count). The quantitative estimate of drug-likeness (QED) is 0.0709. The summed E-state index contributed by atoms with van der Waals surface area (Å²) >= 11 is 9.53. The first kappa shape index (κ1) is 54.1. The van der Waals surface area contributed by atoms with E-state index in [1.165, 1.54) is 60.8 Å². The van der Waals surface area contributed by atoms with Crippen LogP contribution in [0, 0.1) is 18.8 Å². The Kier molecular flexibility index (Phi) is 17.4. The number of aromatic nitrogens is 3. The van der Waals surface area contributed by atoms with Gasteiger partial charge in [-0.3, -0.25) is 0 Å². The van der Waals surface area contributed by atoms with Gasteiger partial charge < -0.3 is 14.2 Å². The fraction of sp³-hybridized carbons (Fsp3) is 0.271. The van der Waals surface area contributed by atoms with E-state index in [4.69, 9.17) is 42.6 Å². The van der Waals surface area contributed by atoms with Crippen LogP contribution in [0.4, 0.5) is 34.1 Å². The maximum absolute atomic E-state index is 6.39. The monoisotopic (exact) mass is 1070 g/mol. The van der Waals surface area contributed by atoms with E-state index < -0.39 is 0 Å². The number of benzene rings is 8. The average Bonchev–Trinajstić information content (AvgIpc) is 4.11. The van der Waals surface area contributed by atoms with Crippen LogP contribution in [-0.4, -0.2) is 20.3 Å². The van der Waals surface area contributed by atoms with Gasteiger partial charge in [-0.05, 0) is 144 Å². The molecule has 1 aliphatic rings. The van der Waals surface area contributed by atoms with Crippen LogP contribution in [0.1, 0.15) is 109 Å². The van der Waals surface area contributed by atoms with Crippen molar-refractivity contribution in [3.8, 4) is 33.6 Å². The number of para-hydroxylation sites is 4. The molecule has 396 valence electrons. The Labute approximate surface area is 472 Å². The molecule has 2 aromatic heterocycles. The number of rotatable bonds is 20. The van der Waals surface area contributed by atoms with Crippen molar-refractivity contribution in [2.24, 2.45) is 11.8 Å². The molecular formula is C70H71Cl2N5O. The Morgan fingerprint density at radius 2 is 0.808 bits per heavy atom. The molecule has 0 saturated heterocycles. The Bertz CT molecular complexity index is 3440. The zero-order chi connectivity index (χ0) is 54.0. The highest BCUT2D eigenvalue weighted by molar-refractivity contribution is 6.40. The molecule has 1 unspecified atom stereocenters. The third-order valence-corrected chi connectivity index (χ3v) is 16.0. The number of fused-ring (bicyclic) bond motifs is 5. The molecule has 0 radical (unpaired) electrons. The zero-order valence-electron chi connectivity index (χ0n) is 45.8. The Morgan fingerprint density at radius 3 is 1.19 bits per heavy atom. The van der Waals surface area contributed by atoms with E-state index >= 15 is 0 Å². The summed E-state index contributed by atoms with van der Waals surface area (Å²) in [6, 6.07) is 69.6. The van der Waals surface area contributed by atoms with Gasteiger partial charge in [0.25, 0.3) is 0 Å². The SMILES string of the molecule is CCCC[C@@H](CC)CC1(C[C@@H](CC)CCCC)c2cc3nc(-c4ccc(N(c5ccccc5)c5ccccc5)cc4)c(-c4ccc(N(c5ccccc5)c5ccccc5)cc4)nc3cc2-c2cc3nc(C)oc3cc21.ClCCl. The van der Waals surface area contributed by atoms with Gasteiger partial charge in [-0.2, -0.15) is 0 Å².